The number of rotatable bonds is 7. The van der Waals surface area contributed by atoms with Gasteiger partial charge in [0.05, 0.1) is 28.9 Å². The topological polar surface area (TPSA) is 159 Å². The zero-order valence-electron chi connectivity index (χ0n) is 25.1. The molecule has 45 heavy (non-hydrogen) atoms. The lowest BCUT2D eigenvalue weighted by atomic mass is 9.89. The molecule has 1 fully saturated rings. The van der Waals surface area contributed by atoms with Gasteiger partial charge in [-0.3, -0.25) is 19.0 Å². The zero-order valence-corrected chi connectivity index (χ0v) is 26.6. The van der Waals surface area contributed by atoms with Crippen LogP contribution in [0.15, 0.2) is 34.2 Å². The Bertz CT molecular complexity index is 1930. The summed E-state index contributed by atoms with van der Waals surface area (Å²) in [6.45, 7) is 4.21. The van der Waals surface area contributed by atoms with Crippen molar-refractivity contribution in [1.82, 2.24) is 24.3 Å². The number of aromatic nitrogens is 3. The summed E-state index contributed by atoms with van der Waals surface area (Å²) in [6, 6.07) is 5.94. The molecule has 1 atom stereocenters. The molecule has 3 aromatic rings. The molecule has 240 valence electrons. The maximum absolute atomic E-state index is 14.6. The van der Waals surface area contributed by atoms with Crippen LogP contribution in [0.3, 0.4) is 0 Å². The molecule has 2 N–H and O–H groups in total. The number of nitrogens with zero attached hydrogens (tertiary/aromatic N) is 6. The van der Waals surface area contributed by atoms with Crippen LogP contribution in [0.2, 0.25) is 5.15 Å². The number of fused-ring (bicyclic) bond motifs is 1. The van der Waals surface area contributed by atoms with E-state index < -0.39 is 45.4 Å². The minimum Gasteiger partial charge on any atom is -0.377 e. The molecule has 0 bridgehead atoms. The highest BCUT2D eigenvalue weighted by atomic mass is 35.5. The molecule has 17 heteroatoms. The summed E-state index contributed by atoms with van der Waals surface area (Å²) < 4.78 is 55.8. The third-order valence-corrected chi connectivity index (χ3v) is 8.60. The second-order valence-electron chi connectivity index (χ2n) is 11.3. The van der Waals surface area contributed by atoms with Crippen molar-refractivity contribution >= 4 is 61.7 Å². The average molecular weight is 665 g/mol. The van der Waals surface area contributed by atoms with Gasteiger partial charge in [0.1, 0.15) is 10.9 Å². The molecule has 2 aromatic heterocycles. The van der Waals surface area contributed by atoms with E-state index in [9.17, 15) is 31.6 Å². The van der Waals surface area contributed by atoms with Crippen LogP contribution in [-0.2, 0) is 21.9 Å². The number of nitrogens with one attached hydrogen (secondary N) is 2. The number of amides is 2. The van der Waals surface area contributed by atoms with E-state index in [0.717, 1.165) is 11.8 Å². The molecule has 0 spiro atoms. The fourth-order valence-corrected chi connectivity index (χ4v) is 6.26. The van der Waals surface area contributed by atoms with Gasteiger partial charge in [-0.05, 0) is 50.5 Å². The SMILES string of the molecule is Cc1cc([C@@H](C)Nc2ccc(Cl)nc2C(=O)NS(C)(=O)=O)c2nc(N3CCC(C4=NN(C)C(=O)C4(F)F)CC3)n(C)c(=O)c2c1. The Balaban J connectivity index is 1.47. The highest BCUT2D eigenvalue weighted by Gasteiger charge is 2.54. The lowest BCUT2D eigenvalue weighted by molar-refractivity contribution is -0.144. The van der Waals surface area contributed by atoms with Gasteiger partial charge in [0, 0.05) is 38.7 Å². The molecule has 2 aliphatic heterocycles. The van der Waals surface area contributed by atoms with E-state index in [1.807, 2.05) is 22.6 Å². The van der Waals surface area contributed by atoms with Crippen LogP contribution in [0.25, 0.3) is 10.9 Å². The van der Waals surface area contributed by atoms with Gasteiger partial charge in [-0.15, -0.1) is 0 Å². The average Bonchev–Trinajstić information content (AvgIpc) is 3.17. The summed E-state index contributed by atoms with van der Waals surface area (Å²) in [5.41, 5.74) is 0.997. The Kier molecular flexibility index (Phi) is 8.33. The molecule has 1 aromatic carbocycles. The van der Waals surface area contributed by atoms with Gasteiger partial charge < -0.3 is 10.2 Å². The van der Waals surface area contributed by atoms with E-state index in [4.69, 9.17) is 16.6 Å². The smallest absolute Gasteiger partial charge is 0.366 e. The van der Waals surface area contributed by atoms with E-state index in [-0.39, 0.29) is 34.9 Å². The molecular formula is C28H31ClF2N8O5S. The monoisotopic (exact) mass is 664 g/mol. The summed E-state index contributed by atoms with van der Waals surface area (Å²) in [7, 11) is -1.09. The van der Waals surface area contributed by atoms with Crippen molar-refractivity contribution in [3.8, 4) is 0 Å². The number of hydrogen-bond acceptors (Lipinski definition) is 10. The largest absolute Gasteiger partial charge is 0.377 e. The van der Waals surface area contributed by atoms with Gasteiger partial charge in [-0.1, -0.05) is 17.7 Å². The number of piperidine rings is 1. The molecule has 4 heterocycles. The van der Waals surface area contributed by atoms with Crippen LogP contribution in [0.4, 0.5) is 20.4 Å². The maximum atomic E-state index is 14.6. The normalized spacial score (nSPS) is 17.9. The molecule has 2 aliphatic rings. The molecule has 0 saturated carbocycles. The third kappa shape index (κ3) is 6.20. The number of halogens is 3. The summed E-state index contributed by atoms with van der Waals surface area (Å²) in [6.07, 6.45) is 1.40. The van der Waals surface area contributed by atoms with Crippen LogP contribution in [0.1, 0.15) is 47.4 Å². The molecule has 0 unspecified atom stereocenters. The Morgan fingerprint density at radius 2 is 1.80 bits per heavy atom. The van der Waals surface area contributed by atoms with Crippen LogP contribution < -0.4 is 20.5 Å². The number of carbonyl (C=O) groups is 2. The van der Waals surface area contributed by atoms with Gasteiger partial charge in [0.2, 0.25) is 16.0 Å². The molecule has 13 nitrogen and oxygen atoms in total. The first-order valence-corrected chi connectivity index (χ1v) is 16.2. The van der Waals surface area contributed by atoms with E-state index in [1.165, 1.54) is 23.7 Å². The number of hydrogen-bond donors (Lipinski definition) is 2. The fraction of sp³-hybridized carbons (Fsp3) is 0.429. The Morgan fingerprint density at radius 3 is 2.40 bits per heavy atom. The minimum atomic E-state index is -3.88. The Labute approximate surface area is 262 Å². The molecule has 5 rings (SSSR count). The number of carbonyl (C=O) groups excluding carboxylic acids is 2. The van der Waals surface area contributed by atoms with Crippen molar-refractivity contribution < 1.29 is 26.8 Å². The molecular weight excluding hydrogens is 634 g/mol. The Hall–Kier alpha value is -4.18. The second-order valence-corrected chi connectivity index (χ2v) is 13.4. The highest BCUT2D eigenvalue weighted by Crippen LogP contribution is 2.35. The molecule has 0 aliphatic carbocycles. The highest BCUT2D eigenvalue weighted by molar-refractivity contribution is 7.89. The van der Waals surface area contributed by atoms with Gasteiger partial charge in [-0.2, -0.15) is 13.9 Å². The van der Waals surface area contributed by atoms with Crippen molar-refractivity contribution in [2.75, 3.05) is 36.6 Å². The van der Waals surface area contributed by atoms with Crippen molar-refractivity contribution in [3.05, 3.63) is 56.6 Å². The summed E-state index contributed by atoms with van der Waals surface area (Å²) >= 11 is 6.00. The lowest BCUT2D eigenvalue weighted by Crippen LogP contribution is -2.45. The van der Waals surface area contributed by atoms with Gasteiger partial charge in [0.15, 0.2) is 5.69 Å². The van der Waals surface area contributed by atoms with E-state index in [0.29, 0.717) is 40.5 Å². The first-order chi connectivity index (χ1) is 21.0. The van der Waals surface area contributed by atoms with Crippen molar-refractivity contribution in [2.24, 2.45) is 18.1 Å². The second kappa shape index (κ2) is 11.6. The molecule has 2 amide bonds. The van der Waals surface area contributed by atoms with E-state index >= 15 is 0 Å². The predicted molar refractivity (Wildman–Crippen MR) is 165 cm³/mol. The van der Waals surface area contributed by atoms with Crippen molar-refractivity contribution in [3.63, 3.8) is 0 Å². The lowest BCUT2D eigenvalue weighted by Gasteiger charge is -2.34. The molecule has 0 radical (unpaired) electrons. The zero-order chi connectivity index (χ0) is 33.0. The number of sulfonamides is 1. The summed E-state index contributed by atoms with van der Waals surface area (Å²) in [5, 5.41) is 8.00. The Morgan fingerprint density at radius 1 is 1.13 bits per heavy atom. The van der Waals surface area contributed by atoms with Crippen LogP contribution >= 0.6 is 11.6 Å². The number of aryl methyl sites for hydroxylation is 1. The van der Waals surface area contributed by atoms with Crippen LogP contribution in [0, 0.1) is 12.8 Å². The number of alkyl halides is 2. The number of pyridine rings is 1. The number of benzene rings is 1. The van der Waals surface area contributed by atoms with Crippen LogP contribution in [0.5, 0.6) is 0 Å². The van der Waals surface area contributed by atoms with Crippen molar-refractivity contribution in [1.29, 1.82) is 0 Å². The van der Waals surface area contributed by atoms with Gasteiger partial charge >= 0.3 is 11.8 Å². The van der Waals surface area contributed by atoms with Gasteiger partial charge in [0.25, 0.3) is 11.5 Å². The molecule has 1 saturated heterocycles. The first kappa shape index (κ1) is 32.2. The maximum Gasteiger partial charge on any atom is 0.366 e. The first-order valence-electron chi connectivity index (χ1n) is 13.9. The number of anilines is 2. The standard InChI is InChI=1S/C28H31ClF2N8O5S/c1-14-12-17(15(2)32-19-6-7-20(29)33-22(19)24(40)36-45(5,43)44)21-18(13-14)25(41)37(3)27(34-21)39-10-8-16(9-11-39)23-28(30,31)26(42)38(4)35-23/h6-7,12-13,15-16,32H,8-11H2,1-5H3,(H,36,40)/t15-/m1/s1. The van der Waals surface area contributed by atoms with E-state index in [2.05, 4.69) is 15.4 Å². The van der Waals surface area contributed by atoms with Crippen molar-refractivity contribution in [2.45, 2.75) is 38.7 Å². The van der Waals surface area contributed by atoms with E-state index in [1.54, 1.807) is 20.0 Å². The number of hydrazone groups is 1. The van der Waals surface area contributed by atoms with Crippen LogP contribution in [-0.4, -0.2) is 77.8 Å². The predicted octanol–water partition coefficient (Wildman–Crippen LogP) is 2.83. The quantitative estimate of drug-likeness (QED) is 0.362. The fourth-order valence-electron chi connectivity index (χ4n) is 5.68. The minimum absolute atomic E-state index is 0.0197. The summed E-state index contributed by atoms with van der Waals surface area (Å²) in [4.78, 5) is 48.9. The third-order valence-electron chi connectivity index (χ3n) is 7.83. The van der Waals surface area contributed by atoms with Gasteiger partial charge in [-0.25, -0.2) is 28.1 Å². The summed E-state index contributed by atoms with van der Waals surface area (Å²) in [5.74, 6) is -6.22.